The minimum Gasteiger partial charge on any atom is -0.452 e. The van der Waals surface area contributed by atoms with Gasteiger partial charge < -0.3 is 14.6 Å². The lowest BCUT2D eigenvalue weighted by molar-refractivity contribution is -0.153. The first-order valence-electron chi connectivity index (χ1n) is 9.47. The van der Waals surface area contributed by atoms with Crippen molar-refractivity contribution in [1.29, 1.82) is 0 Å². The molecule has 5 nitrogen and oxygen atoms in total. The predicted octanol–water partition coefficient (Wildman–Crippen LogP) is -0.486. The van der Waals surface area contributed by atoms with Gasteiger partial charge in [-0.3, -0.25) is 0 Å². The van der Waals surface area contributed by atoms with E-state index in [-0.39, 0.29) is 0 Å². The van der Waals surface area contributed by atoms with Crippen LogP contribution in [-0.4, -0.2) is 36.4 Å². The molecule has 0 aromatic carbocycles. The van der Waals surface area contributed by atoms with E-state index in [0.717, 1.165) is 0 Å². The lowest BCUT2D eigenvalue weighted by atomic mass is 10.4. The number of aliphatic hydroxyl groups is 1. The van der Waals surface area contributed by atoms with Gasteiger partial charge in [0.15, 0.2) is 6.10 Å². The molecule has 0 radical (unpaired) electrons. The topological polar surface area (TPSA) is 72.8 Å². The molecular weight excluding hydrogens is 452 g/mol. The van der Waals surface area contributed by atoms with E-state index in [0.29, 0.717) is 0 Å². The summed E-state index contributed by atoms with van der Waals surface area (Å²) in [5, 5.41) is 9.23. The maximum absolute atomic E-state index is 11.6. The van der Waals surface area contributed by atoms with Crippen LogP contribution >= 0.6 is 0 Å². The molecule has 36 heavy (non-hydrogen) atoms. The molecule has 0 saturated heterocycles. The van der Waals surface area contributed by atoms with E-state index in [1.54, 1.807) is 13.8 Å². The largest absolute Gasteiger partial charge is 0.452 e. The van der Waals surface area contributed by atoms with Crippen LogP contribution in [0.1, 0.15) is 13.8 Å². The Morgan fingerprint density at radius 1 is 0.556 bits per heavy atom. The van der Waals surface area contributed by atoms with Crippen molar-refractivity contribution >= 4 is 11.9 Å². The molecule has 0 saturated carbocycles. The molecule has 1 atom stereocenters. The molecule has 1 N–H and O–H groups in total. The van der Waals surface area contributed by atoms with Gasteiger partial charge in [-0.05, 0) is 132 Å². The van der Waals surface area contributed by atoms with Crippen LogP contribution in [0.25, 0.3) is 0 Å². The maximum atomic E-state index is 11.6. The fourth-order valence-electron chi connectivity index (χ4n) is 1.30. The number of rotatable bonds is 4. The Kier molecular flexibility index (Phi) is 19.2. The van der Waals surface area contributed by atoms with E-state index < -0.39 is 31.3 Å². The minimum atomic E-state index is -1.13. The van der Waals surface area contributed by atoms with Gasteiger partial charge in [0.1, 0.15) is 6.61 Å². The molecule has 0 unspecified atom stereocenters. The van der Waals surface area contributed by atoms with E-state index in [4.69, 9.17) is 9.47 Å². The molecule has 0 amide bonds. The summed E-state index contributed by atoms with van der Waals surface area (Å²) in [5.41, 5.74) is 0. The SMILES string of the molecule is CC#CC#CC#CC#CC#CC#CC#CC(=O)OC[C@@H](CO)OC(=O)C#CC#CC#CC#CC#CC. The second-order valence-corrected chi connectivity index (χ2v) is 5.06. The van der Waals surface area contributed by atoms with Crippen molar-refractivity contribution in [2.24, 2.45) is 0 Å². The van der Waals surface area contributed by atoms with Gasteiger partial charge in [-0.15, -0.1) is 0 Å². The molecule has 0 bridgehead atoms. The van der Waals surface area contributed by atoms with Crippen LogP contribution in [-0.2, 0) is 19.1 Å². The molecule has 0 spiro atoms. The number of aliphatic hydroxyl groups excluding tert-OH is 1. The molecular formula is C31H12O5. The minimum absolute atomic E-state index is 0.437. The van der Waals surface area contributed by atoms with Gasteiger partial charge in [-0.25, -0.2) is 9.59 Å². The Balaban J connectivity index is 4.57. The van der Waals surface area contributed by atoms with Crippen LogP contribution < -0.4 is 0 Å². The standard InChI is InChI=1S/C31H12O5/c1-3-5-7-9-11-13-14-15-16-18-19-21-23-25-30(33)35-28-29(27-32)36-31(34)26-24-22-20-17-12-10-8-6-4-2/h29,32H,27-28H2,1-2H3/t29-/m1/s1. The Bertz CT molecular complexity index is 1620. The highest BCUT2D eigenvalue weighted by Gasteiger charge is 2.14. The maximum Gasteiger partial charge on any atom is 0.385 e. The molecule has 5 heteroatoms. The summed E-state index contributed by atoms with van der Waals surface area (Å²) in [7, 11) is 0. The van der Waals surface area contributed by atoms with Crippen LogP contribution in [0.5, 0.6) is 0 Å². The number of hydrogen-bond donors (Lipinski definition) is 1. The summed E-state index contributed by atoms with van der Waals surface area (Å²) in [5.74, 6) is 55.6. The Morgan fingerprint density at radius 2 is 0.889 bits per heavy atom. The highest BCUT2D eigenvalue weighted by molar-refractivity contribution is 5.90. The molecule has 166 valence electrons. The average Bonchev–Trinajstić information content (AvgIpc) is 2.88. The molecule has 0 aliphatic carbocycles. The number of ether oxygens (including phenoxy) is 2. The first-order valence-corrected chi connectivity index (χ1v) is 9.47. The molecule has 0 aromatic rings. The van der Waals surface area contributed by atoms with Crippen LogP contribution in [0.4, 0.5) is 0 Å². The van der Waals surface area contributed by atoms with Crippen LogP contribution in [0.15, 0.2) is 0 Å². The summed E-state index contributed by atoms with van der Waals surface area (Å²) in [4.78, 5) is 23.1. The molecule has 0 aliphatic heterocycles. The zero-order chi connectivity index (χ0) is 26.5. The lowest BCUT2D eigenvalue weighted by Crippen LogP contribution is -2.27. The summed E-state index contributed by atoms with van der Waals surface area (Å²) in [6, 6.07) is 0. The average molecular weight is 464 g/mol. The first-order chi connectivity index (χ1) is 17.6. The zero-order valence-electron chi connectivity index (χ0n) is 19.1. The third kappa shape index (κ3) is 20.9. The number of hydrogen-bond acceptors (Lipinski definition) is 5. The van der Waals surface area contributed by atoms with Crippen LogP contribution in [0.2, 0.25) is 0 Å². The summed E-state index contributed by atoms with van der Waals surface area (Å²) >= 11 is 0. The number of esters is 2. The Labute approximate surface area is 211 Å². The molecule has 0 fully saturated rings. The summed E-state index contributed by atoms with van der Waals surface area (Å²) in [6.45, 7) is 2.26. The predicted molar refractivity (Wildman–Crippen MR) is 133 cm³/mol. The summed E-state index contributed by atoms with van der Waals surface area (Å²) in [6.07, 6.45) is -1.13. The van der Waals surface area contributed by atoms with Gasteiger partial charge >= 0.3 is 11.9 Å². The van der Waals surface area contributed by atoms with E-state index >= 15 is 0 Å². The monoisotopic (exact) mass is 464 g/mol. The van der Waals surface area contributed by atoms with Crippen molar-refractivity contribution in [2.45, 2.75) is 20.0 Å². The first kappa shape index (κ1) is 29.6. The Hall–Kier alpha value is -6.38. The highest BCUT2D eigenvalue weighted by atomic mass is 16.6. The van der Waals surface area contributed by atoms with Crippen molar-refractivity contribution in [3.05, 3.63) is 0 Å². The second kappa shape index (κ2) is 23.3. The highest BCUT2D eigenvalue weighted by Crippen LogP contribution is 1.94. The van der Waals surface area contributed by atoms with E-state index in [1.807, 2.05) is 0 Å². The molecule has 0 rings (SSSR count). The van der Waals surface area contributed by atoms with Gasteiger partial charge in [-0.1, -0.05) is 11.8 Å². The van der Waals surface area contributed by atoms with E-state index in [1.165, 1.54) is 0 Å². The normalized spacial score (nSPS) is 6.64. The smallest absolute Gasteiger partial charge is 0.385 e. The quantitative estimate of drug-likeness (QED) is 0.346. The van der Waals surface area contributed by atoms with Crippen molar-refractivity contribution in [3.63, 3.8) is 0 Å². The van der Waals surface area contributed by atoms with Gasteiger partial charge in [-0.2, -0.15) is 0 Å². The number of carbonyl (C=O) groups is 2. The second-order valence-electron chi connectivity index (χ2n) is 5.06. The van der Waals surface area contributed by atoms with Crippen molar-refractivity contribution < 1.29 is 24.2 Å². The molecule has 0 aliphatic rings. The third-order valence-electron chi connectivity index (χ3n) is 2.58. The van der Waals surface area contributed by atoms with Gasteiger partial charge in [0, 0.05) is 11.8 Å². The van der Waals surface area contributed by atoms with Gasteiger partial charge in [0.25, 0.3) is 0 Å². The van der Waals surface area contributed by atoms with Crippen molar-refractivity contribution in [3.8, 4) is 142 Å². The Morgan fingerprint density at radius 3 is 1.25 bits per heavy atom. The third-order valence-corrected chi connectivity index (χ3v) is 2.58. The summed E-state index contributed by atoms with van der Waals surface area (Å²) < 4.78 is 9.61. The zero-order valence-corrected chi connectivity index (χ0v) is 19.1. The number of carbonyl (C=O) groups excluding carboxylic acids is 2. The molecule has 0 heterocycles. The van der Waals surface area contributed by atoms with Crippen LogP contribution in [0.3, 0.4) is 0 Å². The lowest BCUT2D eigenvalue weighted by Gasteiger charge is -2.12. The fourth-order valence-corrected chi connectivity index (χ4v) is 1.30. The van der Waals surface area contributed by atoms with Crippen LogP contribution in [0, 0.1) is 142 Å². The van der Waals surface area contributed by atoms with Crippen molar-refractivity contribution in [1.82, 2.24) is 0 Å². The fraction of sp³-hybridized carbons (Fsp3) is 0.161. The van der Waals surface area contributed by atoms with E-state index in [2.05, 4.69) is 142 Å². The van der Waals surface area contributed by atoms with Gasteiger partial charge in [0.05, 0.1) is 6.61 Å². The van der Waals surface area contributed by atoms with E-state index in [9.17, 15) is 14.7 Å². The van der Waals surface area contributed by atoms with Crippen molar-refractivity contribution in [2.75, 3.05) is 13.2 Å². The molecule has 0 aromatic heterocycles. The van der Waals surface area contributed by atoms with Gasteiger partial charge in [0.2, 0.25) is 0 Å².